The summed E-state index contributed by atoms with van der Waals surface area (Å²) in [6.45, 7) is 7.30. The fourth-order valence-electron chi connectivity index (χ4n) is 5.46. The highest BCUT2D eigenvalue weighted by molar-refractivity contribution is 6.30. The van der Waals surface area contributed by atoms with Gasteiger partial charge in [0.2, 0.25) is 0 Å². The number of hydrogen-bond acceptors (Lipinski definition) is 1. The summed E-state index contributed by atoms with van der Waals surface area (Å²) in [7, 11) is 0. The highest BCUT2D eigenvalue weighted by Gasteiger charge is 2.17. The van der Waals surface area contributed by atoms with E-state index >= 15 is 0 Å². The molecule has 5 rings (SSSR count). The SMILES string of the molecule is C=CC(=NC(=NCC1CCCC(C)CC1)c1ccc(-c2cccc(Cl)c2)cc1)c1cccc(-c2ccccc2)c1. The molecule has 0 saturated heterocycles. The Morgan fingerprint density at radius 1 is 0.750 bits per heavy atom. The van der Waals surface area contributed by atoms with Crippen LogP contribution in [-0.4, -0.2) is 18.1 Å². The molecule has 0 spiro atoms. The molecule has 0 aliphatic heterocycles. The van der Waals surface area contributed by atoms with E-state index in [-0.39, 0.29) is 0 Å². The second kappa shape index (κ2) is 13.5. The molecule has 0 heterocycles. The Morgan fingerprint density at radius 3 is 2.20 bits per heavy atom. The minimum absolute atomic E-state index is 0.606. The zero-order valence-electron chi connectivity index (χ0n) is 23.3. The van der Waals surface area contributed by atoms with Crippen LogP contribution >= 0.6 is 11.6 Å². The molecule has 202 valence electrons. The van der Waals surface area contributed by atoms with E-state index in [2.05, 4.69) is 92.4 Å². The molecule has 1 fully saturated rings. The molecule has 0 amide bonds. The number of aliphatic imine (C=N–C) groups is 2. The van der Waals surface area contributed by atoms with Crippen molar-refractivity contribution in [2.45, 2.75) is 39.0 Å². The van der Waals surface area contributed by atoms with Crippen molar-refractivity contribution >= 4 is 23.1 Å². The van der Waals surface area contributed by atoms with Gasteiger partial charge in [0.05, 0.1) is 5.71 Å². The van der Waals surface area contributed by atoms with Crippen LogP contribution in [0.5, 0.6) is 0 Å². The lowest BCUT2D eigenvalue weighted by Crippen LogP contribution is -2.09. The Kier molecular flexibility index (Phi) is 9.42. The summed E-state index contributed by atoms with van der Waals surface area (Å²) in [5.74, 6) is 2.18. The molecule has 2 nitrogen and oxygen atoms in total. The second-order valence-electron chi connectivity index (χ2n) is 10.9. The van der Waals surface area contributed by atoms with Crippen LogP contribution < -0.4 is 0 Å². The molecule has 0 N–H and O–H groups in total. The number of hydrogen-bond donors (Lipinski definition) is 0. The minimum Gasteiger partial charge on any atom is -0.266 e. The summed E-state index contributed by atoms with van der Waals surface area (Å²) in [5, 5.41) is 0.736. The molecule has 1 aliphatic rings. The van der Waals surface area contributed by atoms with Gasteiger partial charge < -0.3 is 0 Å². The summed E-state index contributed by atoms with van der Waals surface area (Å²) < 4.78 is 0. The van der Waals surface area contributed by atoms with Gasteiger partial charge in [0.25, 0.3) is 0 Å². The van der Waals surface area contributed by atoms with Crippen molar-refractivity contribution in [3.63, 3.8) is 0 Å². The van der Waals surface area contributed by atoms with Crippen molar-refractivity contribution in [1.29, 1.82) is 0 Å². The van der Waals surface area contributed by atoms with Gasteiger partial charge in [-0.1, -0.05) is 129 Å². The van der Waals surface area contributed by atoms with E-state index in [4.69, 9.17) is 21.6 Å². The van der Waals surface area contributed by atoms with E-state index in [9.17, 15) is 0 Å². The zero-order chi connectivity index (χ0) is 27.7. The maximum Gasteiger partial charge on any atom is 0.155 e. The largest absolute Gasteiger partial charge is 0.266 e. The molecule has 2 unspecified atom stereocenters. The highest BCUT2D eigenvalue weighted by atomic mass is 35.5. The first-order valence-electron chi connectivity index (χ1n) is 14.4. The molecule has 2 atom stereocenters. The van der Waals surface area contributed by atoms with Crippen molar-refractivity contribution < 1.29 is 0 Å². The lowest BCUT2D eigenvalue weighted by Gasteiger charge is -2.13. The van der Waals surface area contributed by atoms with E-state index in [0.29, 0.717) is 5.92 Å². The summed E-state index contributed by atoms with van der Waals surface area (Å²) in [5.41, 5.74) is 7.41. The number of amidine groups is 1. The summed E-state index contributed by atoms with van der Waals surface area (Å²) in [4.78, 5) is 10.3. The van der Waals surface area contributed by atoms with E-state index in [1.807, 2.05) is 30.3 Å². The molecule has 4 aromatic carbocycles. The molecule has 0 aromatic heterocycles. The van der Waals surface area contributed by atoms with Crippen molar-refractivity contribution in [2.24, 2.45) is 21.8 Å². The normalized spacial score (nSPS) is 18.2. The van der Waals surface area contributed by atoms with Crippen molar-refractivity contribution in [1.82, 2.24) is 0 Å². The smallest absolute Gasteiger partial charge is 0.155 e. The maximum atomic E-state index is 6.25. The van der Waals surface area contributed by atoms with Gasteiger partial charge in [-0.15, -0.1) is 0 Å². The van der Waals surface area contributed by atoms with E-state index in [1.165, 1.54) is 37.7 Å². The standard InChI is InChI=1S/C37H37ClN2/c1-3-36(34-16-8-14-32(24-34)29-12-5-4-6-13-29)40-37(39-26-28-11-7-10-27(2)18-19-28)31-22-20-30(21-23-31)33-15-9-17-35(38)25-33/h3-6,8-9,12-17,20-25,27-28H,1,7,10-11,18-19,26H2,2H3. The number of benzene rings is 4. The van der Waals surface area contributed by atoms with E-state index < -0.39 is 0 Å². The summed E-state index contributed by atoms with van der Waals surface area (Å²) in [6.07, 6.45) is 8.23. The van der Waals surface area contributed by atoms with Crippen LogP contribution in [0.1, 0.15) is 50.2 Å². The summed E-state index contributed by atoms with van der Waals surface area (Å²) in [6, 6.07) is 35.4. The van der Waals surface area contributed by atoms with Crippen molar-refractivity contribution in [3.8, 4) is 22.3 Å². The third kappa shape index (κ3) is 7.25. The third-order valence-corrected chi connectivity index (χ3v) is 8.10. The average molecular weight is 545 g/mol. The van der Waals surface area contributed by atoms with Crippen molar-refractivity contribution in [3.05, 3.63) is 132 Å². The van der Waals surface area contributed by atoms with Gasteiger partial charge >= 0.3 is 0 Å². The Balaban J connectivity index is 1.49. The number of rotatable bonds is 7. The first-order chi connectivity index (χ1) is 19.6. The predicted molar refractivity (Wildman–Crippen MR) is 173 cm³/mol. The van der Waals surface area contributed by atoms with Gasteiger partial charge in [0, 0.05) is 22.7 Å². The van der Waals surface area contributed by atoms with Gasteiger partial charge in [0.15, 0.2) is 5.84 Å². The maximum absolute atomic E-state index is 6.25. The molecule has 40 heavy (non-hydrogen) atoms. The molecule has 0 bridgehead atoms. The van der Waals surface area contributed by atoms with E-state index in [1.54, 1.807) is 0 Å². The Morgan fingerprint density at radius 2 is 1.45 bits per heavy atom. The van der Waals surface area contributed by atoms with Gasteiger partial charge in [-0.3, -0.25) is 4.99 Å². The molecule has 4 aromatic rings. The summed E-state index contributed by atoms with van der Waals surface area (Å²) >= 11 is 6.25. The lowest BCUT2D eigenvalue weighted by molar-refractivity contribution is 0.455. The average Bonchev–Trinajstić information content (AvgIpc) is 3.21. The van der Waals surface area contributed by atoms with Crippen molar-refractivity contribution in [2.75, 3.05) is 6.54 Å². The number of allylic oxidation sites excluding steroid dienone is 1. The molecular formula is C37H37ClN2. The van der Waals surface area contributed by atoms with Gasteiger partial charge in [-0.2, -0.15) is 0 Å². The fraction of sp³-hybridized carbons (Fsp3) is 0.243. The first kappa shape index (κ1) is 27.8. The Hall–Kier alpha value is -3.75. The van der Waals surface area contributed by atoms with Crippen LogP contribution in [0.15, 0.2) is 126 Å². The zero-order valence-corrected chi connectivity index (χ0v) is 24.0. The number of halogens is 1. The van der Waals surface area contributed by atoms with E-state index in [0.717, 1.165) is 56.8 Å². The molecule has 1 aliphatic carbocycles. The fourth-order valence-corrected chi connectivity index (χ4v) is 5.65. The van der Waals surface area contributed by atoms with Gasteiger partial charge in [-0.05, 0) is 71.2 Å². The molecule has 1 saturated carbocycles. The van der Waals surface area contributed by atoms with Gasteiger partial charge in [0.1, 0.15) is 0 Å². The third-order valence-electron chi connectivity index (χ3n) is 7.86. The Bertz CT molecular complexity index is 1480. The topological polar surface area (TPSA) is 24.7 Å². The second-order valence-corrected chi connectivity index (χ2v) is 11.3. The van der Waals surface area contributed by atoms with Crippen LogP contribution in [-0.2, 0) is 0 Å². The lowest BCUT2D eigenvalue weighted by atomic mass is 9.99. The molecular weight excluding hydrogens is 508 g/mol. The van der Waals surface area contributed by atoms with Crippen LogP contribution in [0.2, 0.25) is 5.02 Å². The minimum atomic E-state index is 0.606. The van der Waals surface area contributed by atoms with Crippen LogP contribution in [0.25, 0.3) is 22.3 Å². The number of nitrogens with zero attached hydrogens (tertiary/aromatic N) is 2. The molecule has 0 radical (unpaired) electrons. The quantitative estimate of drug-likeness (QED) is 0.125. The van der Waals surface area contributed by atoms with Gasteiger partial charge in [-0.25, -0.2) is 4.99 Å². The van der Waals surface area contributed by atoms with Crippen LogP contribution in [0.3, 0.4) is 0 Å². The van der Waals surface area contributed by atoms with Crippen LogP contribution in [0.4, 0.5) is 0 Å². The first-order valence-corrected chi connectivity index (χ1v) is 14.7. The highest BCUT2D eigenvalue weighted by Crippen LogP contribution is 2.28. The van der Waals surface area contributed by atoms with Crippen LogP contribution in [0, 0.1) is 11.8 Å². The predicted octanol–water partition coefficient (Wildman–Crippen LogP) is 10.3. The Labute approximate surface area is 244 Å². The molecule has 3 heteroatoms. The monoisotopic (exact) mass is 544 g/mol.